The summed E-state index contributed by atoms with van der Waals surface area (Å²) in [5.74, 6) is 1.55. The molecular formula is C22H26N4O3. The van der Waals surface area contributed by atoms with Crippen LogP contribution in [-0.2, 0) is 11.2 Å². The van der Waals surface area contributed by atoms with E-state index in [1.807, 2.05) is 62.7 Å². The first-order valence-corrected chi connectivity index (χ1v) is 9.87. The zero-order valence-electron chi connectivity index (χ0n) is 17.3. The smallest absolute Gasteiger partial charge is 0.222 e. The molecule has 29 heavy (non-hydrogen) atoms. The minimum atomic E-state index is -0.174. The van der Waals surface area contributed by atoms with Crippen LogP contribution in [0.25, 0.3) is 5.65 Å². The molecule has 1 aromatic carbocycles. The summed E-state index contributed by atoms with van der Waals surface area (Å²) < 4.78 is 13.6. The summed E-state index contributed by atoms with van der Waals surface area (Å²) in [5.41, 5.74) is 4.85. The van der Waals surface area contributed by atoms with Crippen LogP contribution >= 0.6 is 0 Å². The zero-order valence-corrected chi connectivity index (χ0v) is 17.3. The van der Waals surface area contributed by atoms with Gasteiger partial charge in [-0.1, -0.05) is 12.1 Å². The van der Waals surface area contributed by atoms with E-state index in [0.29, 0.717) is 26.0 Å². The van der Waals surface area contributed by atoms with E-state index in [1.165, 1.54) is 0 Å². The second kappa shape index (κ2) is 7.73. The number of ether oxygens (including phenoxy) is 2. The Bertz CT molecular complexity index is 1060. The Morgan fingerprint density at radius 1 is 1.24 bits per heavy atom. The van der Waals surface area contributed by atoms with Crippen molar-refractivity contribution < 1.29 is 14.3 Å². The number of likely N-dealkylation sites (N-methyl/N-ethyl adjacent to an activating group) is 1. The van der Waals surface area contributed by atoms with Crippen LogP contribution < -0.4 is 9.47 Å². The molecule has 0 saturated heterocycles. The average Bonchev–Trinajstić information content (AvgIpc) is 3.07. The Hall–Kier alpha value is -3.09. The highest BCUT2D eigenvalue weighted by Gasteiger charge is 2.24. The maximum absolute atomic E-state index is 12.7. The van der Waals surface area contributed by atoms with Gasteiger partial charge in [0.25, 0.3) is 0 Å². The Balaban J connectivity index is 1.38. The van der Waals surface area contributed by atoms with E-state index in [2.05, 4.69) is 10.1 Å². The van der Waals surface area contributed by atoms with Crippen LogP contribution in [0.1, 0.15) is 29.1 Å². The molecule has 3 aromatic rings. The maximum atomic E-state index is 12.7. The number of para-hydroxylation sites is 2. The number of carbonyl (C=O) groups is 1. The number of hydrogen-bond acceptors (Lipinski definition) is 5. The summed E-state index contributed by atoms with van der Waals surface area (Å²) >= 11 is 0. The van der Waals surface area contributed by atoms with Gasteiger partial charge >= 0.3 is 0 Å². The average molecular weight is 394 g/mol. The highest BCUT2D eigenvalue weighted by molar-refractivity contribution is 5.76. The van der Waals surface area contributed by atoms with Gasteiger partial charge in [0.05, 0.1) is 12.2 Å². The normalized spacial score (nSPS) is 15.5. The quantitative estimate of drug-likeness (QED) is 0.666. The predicted molar refractivity (Wildman–Crippen MR) is 110 cm³/mol. The van der Waals surface area contributed by atoms with Crippen LogP contribution in [-0.4, -0.2) is 51.7 Å². The van der Waals surface area contributed by atoms with Gasteiger partial charge in [-0.25, -0.2) is 9.50 Å². The van der Waals surface area contributed by atoms with Crippen LogP contribution in [0.5, 0.6) is 11.5 Å². The Kier molecular flexibility index (Phi) is 5.13. The van der Waals surface area contributed by atoms with Gasteiger partial charge in [-0.2, -0.15) is 5.10 Å². The van der Waals surface area contributed by atoms with E-state index in [-0.39, 0.29) is 12.0 Å². The third-order valence-electron chi connectivity index (χ3n) is 5.35. The minimum Gasteiger partial charge on any atom is -0.486 e. The van der Waals surface area contributed by atoms with Crippen molar-refractivity contribution in [2.24, 2.45) is 0 Å². The standard InChI is InChI=1S/C22H26N4O3/c1-14-11-21-23-15(2)18(16(3)26(21)24-14)9-10-22(27)25(4)12-17-13-28-19-7-5-6-8-20(19)29-17/h5-8,11,17H,9-10,12-13H2,1-4H3/t17-/m0/s1. The van der Waals surface area contributed by atoms with E-state index >= 15 is 0 Å². The summed E-state index contributed by atoms with van der Waals surface area (Å²) in [6, 6.07) is 9.56. The van der Waals surface area contributed by atoms with Crippen LogP contribution in [0.15, 0.2) is 30.3 Å². The molecule has 1 amide bonds. The van der Waals surface area contributed by atoms with Gasteiger partial charge < -0.3 is 14.4 Å². The summed E-state index contributed by atoms with van der Waals surface area (Å²) in [5, 5.41) is 4.50. The first kappa shape index (κ1) is 19.2. The fourth-order valence-corrected chi connectivity index (χ4v) is 3.79. The van der Waals surface area contributed by atoms with E-state index < -0.39 is 0 Å². The van der Waals surface area contributed by atoms with Crippen molar-refractivity contribution in [2.75, 3.05) is 20.2 Å². The lowest BCUT2D eigenvalue weighted by molar-refractivity contribution is -0.131. The summed E-state index contributed by atoms with van der Waals surface area (Å²) in [6.45, 7) is 6.90. The van der Waals surface area contributed by atoms with Crippen molar-refractivity contribution in [3.05, 3.63) is 53.0 Å². The largest absolute Gasteiger partial charge is 0.486 e. The topological polar surface area (TPSA) is 69.0 Å². The molecule has 0 N–H and O–H groups in total. The van der Waals surface area contributed by atoms with Crippen molar-refractivity contribution in [3.63, 3.8) is 0 Å². The lowest BCUT2D eigenvalue weighted by Gasteiger charge is -2.29. The molecule has 7 heteroatoms. The molecule has 7 nitrogen and oxygen atoms in total. The van der Waals surface area contributed by atoms with Crippen LogP contribution in [0.3, 0.4) is 0 Å². The van der Waals surface area contributed by atoms with Gasteiger partial charge in [0.2, 0.25) is 5.91 Å². The van der Waals surface area contributed by atoms with Crippen molar-refractivity contribution in [1.82, 2.24) is 19.5 Å². The van der Waals surface area contributed by atoms with Crippen LogP contribution in [0, 0.1) is 20.8 Å². The number of hydrogen-bond donors (Lipinski definition) is 0. The molecule has 152 valence electrons. The van der Waals surface area contributed by atoms with Crippen LogP contribution in [0.2, 0.25) is 0 Å². The molecule has 0 saturated carbocycles. The van der Waals surface area contributed by atoms with Crippen molar-refractivity contribution in [1.29, 1.82) is 0 Å². The molecule has 2 aromatic heterocycles. The third kappa shape index (κ3) is 3.90. The van der Waals surface area contributed by atoms with E-state index in [4.69, 9.17) is 9.47 Å². The fourth-order valence-electron chi connectivity index (χ4n) is 3.79. The molecule has 4 rings (SSSR count). The number of nitrogens with zero attached hydrogens (tertiary/aromatic N) is 4. The number of fused-ring (bicyclic) bond motifs is 2. The molecule has 0 fully saturated rings. The molecule has 0 radical (unpaired) electrons. The summed E-state index contributed by atoms with van der Waals surface area (Å²) in [7, 11) is 1.81. The highest BCUT2D eigenvalue weighted by Crippen LogP contribution is 2.31. The lowest BCUT2D eigenvalue weighted by atomic mass is 10.1. The molecule has 0 unspecified atom stereocenters. The van der Waals surface area contributed by atoms with Gasteiger partial charge in [-0.15, -0.1) is 0 Å². The molecular weight excluding hydrogens is 368 g/mol. The molecule has 0 aliphatic carbocycles. The number of amides is 1. The molecule has 0 spiro atoms. The molecule has 1 atom stereocenters. The Morgan fingerprint density at radius 3 is 2.79 bits per heavy atom. The maximum Gasteiger partial charge on any atom is 0.222 e. The molecule has 0 bridgehead atoms. The third-order valence-corrected chi connectivity index (χ3v) is 5.35. The van der Waals surface area contributed by atoms with E-state index in [9.17, 15) is 4.79 Å². The van der Waals surface area contributed by atoms with Crippen molar-refractivity contribution >= 4 is 11.6 Å². The molecule has 1 aliphatic rings. The number of benzene rings is 1. The second-order valence-electron chi connectivity index (χ2n) is 7.59. The van der Waals surface area contributed by atoms with Gasteiger partial charge in [0, 0.05) is 30.9 Å². The lowest BCUT2D eigenvalue weighted by Crippen LogP contribution is -2.41. The monoisotopic (exact) mass is 394 g/mol. The number of carbonyl (C=O) groups excluding carboxylic acids is 1. The van der Waals surface area contributed by atoms with Gasteiger partial charge in [0.15, 0.2) is 23.3 Å². The Morgan fingerprint density at radius 2 is 2.00 bits per heavy atom. The highest BCUT2D eigenvalue weighted by atomic mass is 16.6. The Labute approximate surface area is 170 Å². The second-order valence-corrected chi connectivity index (χ2v) is 7.59. The minimum absolute atomic E-state index is 0.0722. The van der Waals surface area contributed by atoms with Crippen molar-refractivity contribution in [2.45, 2.75) is 39.7 Å². The fraction of sp³-hybridized carbons (Fsp3) is 0.409. The molecule has 1 aliphatic heterocycles. The van der Waals surface area contributed by atoms with Crippen molar-refractivity contribution in [3.8, 4) is 11.5 Å². The first-order valence-electron chi connectivity index (χ1n) is 9.87. The summed E-state index contributed by atoms with van der Waals surface area (Å²) in [6.07, 6.45) is 0.871. The predicted octanol–water partition coefficient (Wildman–Crippen LogP) is 2.89. The first-order chi connectivity index (χ1) is 13.9. The summed E-state index contributed by atoms with van der Waals surface area (Å²) in [4.78, 5) is 19.1. The van der Waals surface area contributed by atoms with Gasteiger partial charge in [-0.05, 0) is 44.9 Å². The molecule has 3 heterocycles. The number of aromatic nitrogens is 3. The van der Waals surface area contributed by atoms with E-state index in [0.717, 1.165) is 39.8 Å². The van der Waals surface area contributed by atoms with Crippen LogP contribution in [0.4, 0.5) is 0 Å². The van der Waals surface area contributed by atoms with E-state index in [1.54, 1.807) is 4.90 Å². The van der Waals surface area contributed by atoms with Gasteiger partial charge in [0.1, 0.15) is 6.61 Å². The number of aryl methyl sites for hydroxylation is 3. The number of rotatable bonds is 5. The zero-order chi connectivity index (χ0) is 20.5. The SMILES string of the molecule is Cc1cc2nc(C)c(CCC(=O)N(C)C[C@H]3COc4ccccc4O3)c(C)n2n1. The van der Waals surface area contributed by atoms with Gasteiger partial charge in [-0.3, -0.25) is 4.79 Å².